The van der Waals surface area contributed by atoms with E-state index in [1.54, 1.807) is 0 Å². The van der Waals surface area contributed by atoms with Crippen molar-refractivity contribution in [1.82, 2.24) is 0 Å². The van der Waals surface area contributed by atoms with Crippen LogP contribution in [0.2, 0.25) is 0 Å². The molecule has 0 aliphatic carbocycles. The monoisotopic (exact) mass is 419 g/mol. The van der Waals surface area contributed by atoms with Crippen LogP contribution in [0.3, 0.4) is 0 Å². The molecular weight excluding hydrogens is 380 g/mol. The number of aliphatic carboxylic acids is 2. The molecule has 0 saturated heterocycles. The molecule has 0 spiro atoms. The fourth-order valence-corrected chi connectivity index (χ4v) is 2.65. The van der Waals surface area contributed by atoms with Gasteiger partial charge in [-0.2, -0.15) is 0 Å². The Balaban J connectivity index is -0.000000772. The number of carbonyl (C=O) groups is 2. The van der Waals surface area contributed by atoms with Gasteiger partial charge in [0, 0.05) is 29.6 Å². The summed E-state index contributed by atoms with van der Waals surface area (Å²) in [4.78, 5) is 19.6. The van der Waals surface area contributed by atoms with Crippen LogP contribution in [0, 0.1) is 0 Å². The fraction of sp³-hybridized carbons (Fsp3) is 0.810. The van der Waals surface area contributed by atoms with E-state index in [1.165, 1.54) is 83.5 Å². The van der Waals surface area contributed by atoms with Gasteiger partial charge in [-0.15, -0.1) is 0 Å². The number of hydrogen-bond acceptors (Lipinski definition) is 2. The summed E-state index contributed by atoms with van der Waals surface area (Å²) in [5, 5.41) is 16.1. The molecule has 159 valence electrons. The van der Waals surface area contributed by atoms with E-state index in [2.05, 4.69) is 13.5 Å². The third-order valence-electron chi connectivity index (χ3n) is 4.17. The summed E-state index contributed by atoms with van der Waals surface area (Å²) in [5.74, 6) is -1.63. The zero-order valence-corrected chi connectivity index (χ0v) is 17.6. The van der Waals surface area contributed by atoms with Crippen LogP contribution in [-0.2, 0) is 26.7 Å². The standard InChI is InChI=1S/C18H36O2.C3H4O2.Cu/c1-2-3-4-5-6-7-8-9-10-11-12-13-14-15-16-17-18(19)20;1-2-3(4)5;/h2-17H2,1H3,(H,19,20);2H,1H2,(H,4,5);. The van der Waals surface area contributed by atoms with Gasteiger partial charge in [-0.25, -0.2) is 4.79 Å². The van der Waals surface area contributed by atoms with Crippen molar-refractivity contribution in [3.8, 4) is 0 Å². The number of unbranched alkanes of at least 4 members (excludes halogenated alkanes) is 14. The van der Waals surface area contributed by atoms with Crippen LogP contribution in [0.15, 0.2) is 12.7 Å². The molecule has 0 heterocycles. The summed E-state index contributed by atoms with van der Waals surface area (Å²) in [6.07, 6.45) is 21.0. The van der Waals surface area contributed by atoms with Crippen LogP contribution in [0.1, 0.15) is 110 Å². The molecule has 4 nitrogen and oxygen atoms in total. The van der Waals surface area contributed by atoms with Crippen LogP contribution >= 0.6 is 0 Å². The first kappa shape index (κ1) is 29.9. The van der Waals surface area contributed by atoms with Gasteiger partial charge in [0.1, 0.15) is 0 Å². The van der Waals surface area contributed by atoms with Crippen molar-refractivity contribution >= 4 is 11.9 Å². The van der Waals surface area contributed by atoms with E-state index in [0.717, 1.165) is 18.9 Å². The van der Waals surface area contributed by atoms with Gasteiger partial charge >= 0.3 is 11.9 Å². The summed E-state index contributed by atoms with van der Waals surface area (Å²) in [5.41, 5.74) is 0. The van der Waals surface area contributed by atoms with Crippen molar-refractivity contribution in [2.24, 2.45) is 0 Å². The minimum atomic E-state index is -0.981. The predicted molar refractivity (Wildman–Crippen MR) is 105 cm³/mol. The van der Waals surface area contributed by atoms with Gasteiger partial charge in [0.15, 0.2) is 0 Å². The third-order valence-corrected chi connectivity index (χ3v) is 4.17. The first-order valence-electron chi connectivity index (χ1n) is 10.1. The second kappa shape index (κ2) is 26.4. The summed E-state index contributed by atoms with van der Waals surface area (Å²) in [7, 11) is 0. The summed E-state index contributed by atoms with van der Waals surface area (Å²) < 4.78 is 0. The van der Waals surface area contributed by atoms with Crippen LogP contribution < -0.4 is 0 Å². The normalized spacial score (nSPS) is 9.58. The molecule has 0 atom stereocenters. The van der Waals surface area contributed by atoms with E-state index in [4.69, 9.17) is 10.2 Å². The smallest absolute Gasteiger partial charge is 0.327 e. The summed E-state index contributed by atoms with van der Waals surface area (Å²) in [6.45, 7) is 5.23. The number of carboxylic acid groups (broad SMARTS) is 2. The molecule has 0 rings (SSSR count). The Labute approximate surface area is 171 Å². The van der Waals surface area contributed by atoms with Gasteiger partial charge in [-0.05, 0) is 6.42 Å². The molecule has 0 bridgehead atoms. The molecule has 2 N–H and O–H groups in total. The first-order chi connectivity index (χ1) is 12.0. The van der Waals surface area contributed by atoms with Crippen molar-refractivity contribution < 1.29 is 36.9 Å². The average molecular weight is 420 g/mol. The number of carboxylic acids is 2. The number of rotatable bonds is 17. The Bertz CT molecular complexity index is 319. The van der Waals surface area contributed by atoms with Gasteiger partial charge in [0.05, 0.1) is 0 Å². The maximum Gasteiger partial charge on any atom is 0.327 e. The second-order valence-electron chi connectivity index (χ2n) is 6.64. The summed E-state index contributed by atoms with van der Waals surface area (Å²) in [6, 6.07) is 0. The molecule has 5 heteroatoms. The Hall–Kier alpha value is -0.801. The van der Waals surface area contributed by atoms with Gasteiger partial charge in [0.25, 0.3) is 0 Å². The Morgan fingerprint density at radius 3 is 1.19 bits per heavy atom. The number of hydrogen-bond donors (Lipinski definition) is 2. The van der Waals surface area contributed by atoms with Crippen molar-refractivity contribution in [2.75, 3.05) is 0 Å². The SMILES string of the molecule is C=CC(=O)O.CCCCCCCCCCCCCCCCCC(=O)O.[Cu]. The van der Waals surface area contributed by atoms with E-state index >= 15 is 0 Å². The van der Waals surface area contributed by atoms with Crippen molar-refractivity contribution in [3.63, 3.8) is 0 Å². The molecule has 0 aromatic carbocycles. The second-order valence-corrected chi connectivity index (χ2v) is 6.64. The van der Waals surface area contributed by atoms with Crippen LogP contribution in [-0.4, -0.2) is 22.2 Å². The van der Waals surface area contributed by atoms with Crippen molar-refractivity contribution in [2.45, 2.75) is 110 Å². The topological polar surface area (TPSA) is 74.6 Å². The predicted octanol–water partition coefficient (Wildman–Crippen LogP) is 6.59. The largest absolute Gasteiger partial charge is 0.481 e. The van der Waals surface area contributed by atoms with E-state index < -0.39 is 11.9 Å². The molecule has 1 radical (unpaired) electrons. The van der Waals surface area contributed by atoms with Crippen LogP contribution in [0.4, 0.5) is 0 Å². The minimum absolute atomic E-state index is 0. The van der Waals surface area contributed by atoms with Gasteiger partial charge in [-0.3, -0.25) is 4.79 Å². The zero-order chi connectivity index (χ0) is 19.2. The van der Waals surface area contributed by atoms with E-state index in [-0.39, 0.29) is 17.1 Å². The van der Waals surface area contributed by atoms with Gasteiger partial charge in [0.2, 0.25) is 0 Å². The van der Waals surface area contributed by atoms with Crippen molar-refractivity contribution in [1.29, 1.82) is 0 Å². The zero-order valence-electron chi connectivity index (χ0n) is 16.6. The van der Waals surface area contributed by atoms with E-state index in [0.29, 0.717) is 6.42 Å². The molecule has 0 aliphatic rings. The molecule has 0 aliphatic heterocycles. The minimum Gasteiger partial charge on any atom is -0.481 e. The Morgan fingerprint density at radius 2 is 0.962 bits per heavy atom. The van der Waals surface area contributed by atoms with Crippen LogP contribution in [0.25, 0.3) is 0 Å². The third kappa shape index (κ3) is 34.5. The average Bonchev–Trinajstić information content (AvgIpc) is 2.58. The maximum atomic E-state index is 10.3. The quantitative estimate of drug-likeness (QED) is 0.158. The molecular formula is C21H40CuO4. The summed E-state index contributed by atoms with van der Waals surface area (Å²) >= 11 is 0. The molecule has 0 saturated carbocycles. The molecule has 0 fully saturated rings. The molecule has 0 amide bonds. The van der Waals surface area contributed by atoms with Crippen LogP contribution in [0.5, 0.6) is 0 Å². The van der Waals surface area contributed by atoms with Gasteiger partial charge < -0.3 is 10.2 Å². The van der Waals surface area contributed by atoms with Crippen molar-refractivity contribution in [3.05, 3.63) is 12.7 Å². The van der Waals surface area contributed by atoms with E-state index in [9.17, 15) is 9.59 Å². The maximum absolute atomic E-state index is 10.3. The first-order valence-corrected chi connectivity index (χ1v) is 10.1. The molecule has 0 unspecified atom stereocenters. The molecule has 26 heavy (non-hydrogen) atoms. The van der Waals surface area contributed by atoms with E-state index in [1.807, 2.05) is 0 Å². The molecule has 0 aromatic rings. The Kier molecular flexibility index (Phi) is 30.4. The van der Waals surface area contributed by atoms with Gasteiger partial charge in [-0.1, -0.05) is 103 Å². The molecule has 0 aromatic heterocycles. The Morgan fingerprint density at radius 1 is 0.692 bits per heavy atom. The fourth-order valence-electron chi connectivity index (χ4n) is 2.65.